The summed E-state index contributed by atoms with van der Waals surface area (Å²) in [6.45, 7) is 4.89. The van der Waals surface area contributed by atoms with E-state index in [1.54, 1.807) is 32.1 Å². The van der Waals surface area contributed by atoms with Crippen LogP contribution in [0, 0.1) is 16.0 Å². The largest absolute Gasteiger partial charge is 0.466 e. The summed E-state index contributed by atoms with van der Waals surface area (Å²) in [5.41, 5.74) is 1.49. The van der Waals surface area contributed by atoms with Crippen LogP contribution in [0.3, 0.4) is 0 Å². The summed E-state index contributed by atoms with van der Waals surface area (Å²) in [6, 6.07) is 10.5. The second kappa shape index (κ2) is 8.93. The van der Waals surface area contributed by atoms with Gasteiger partial charge >= 0.3 is 17.6 Å². The molecule has 3 aromatic rings. The number of fused-ring (bicyclic) bond motifs is 3. The molecule has 1 heterocycles. The van der Waals surface area contributed by atoms with Gasteiger partial charge in [-0.3, -0.25) is 19.7 Å². The first-order chi connectivity index (χ1) is 16.2. The van der Waals surface area contributed by atoms with Crippen molar-refractivity contribution in [3.05, 3.63) is 85.3 Å². The summed E-state index contributed by atoms with van der Waals surface area (Å²) in [4.78, 5) is 48.1. The van der Waals surface area contributed by atoms with E-state index in [1.807, 2.05) is 0 Å². The standard InChI is InChI=1S/C25H21NO8/c1-4-32-24(28)21-13(2)11-19-18-10-9-17(33-14(3)27)12-20(18)34-25(29)23(19)22(21)15-5-7-16(8-6-15)26(30)31/h5-12,21-22H,4H2,1-3H3. The number of nitrogens with zero attached hydrogens (tertiary/aromatic N) is 1. The summed E-state index contributed by atoms with van der Waals surface area (Å²) < 4.78 is 16.0. The first-order valence-electron chi connectivity index (χ1n) is 10.6. The van der Waals surface area contributed by atoms with Crippen molar-refractivity contribution in [2.24, 2.45) is 5.92 Å². The number of esters is 2. The number of rotatable bonds is 5. The third kappa shape index (κ3) is 4.07. The zero-order valence-electron chi connectivity index (χ0n) is 18.7. The van der Waals surface area contributed by atoms with Crippen LogP contribution in [0.25, 0.3) is 17.0 Å². The summed E-state index contributed by atoms with van der Waals surface area (Å²) in [6.07, 6.45) is 1.75. The van der Waals surface area contributed by atoms with Crippen LogP contribution in [-0.4, -0.2) is 23.5 Å². The van der Waals surface area contributed by atoms with Crippen LogP contribution >= 0.6 is 0 Å². The number of carbonyl (C=O) groups excluding carboxylic acids is 2. The van der Waals surface area contributed by atoms with Crippen LogP contribution in [0.4, 0.5) is 5.69 Å². The predicted molar refractivity (Wildman–Crippen MR) is 123 cm³/mol. The highest BCUT2D eigenvalue weighted by atomic mass is 16.6. The van der Waals surface area contributed by atoms with Gasteiger partial charge in [0, 0.05) is 36.4 Å². The van der Waals surface area contributed by atoms with E-state index in [4.69, 9.17) is 13.9 Å². The van der Waals surface area contributed by atoms with E-state index in [1.165, 1.54) is 37.3 Å². The van der Waals surface area contributed by atoms with Gasteiger partial charge in [-0.2, -0.15) is 0 Å². The van der Waals surface area contributed by atoms with Crippen molar-refractivity contribution < 1.29 is 28.4 Å². The average molecular weight is 463 g/mol. The van der Waals surface area contributed by atoms with Crippen LogP contribution in [0.1, 0.15) is 43.4 Å². The fourth-order valence-corrected chi connectivity index (χ4v) is 4.36. The molecule has 0 amide bonds. The number of nitro benzene ring substituents is 1. The molecule has 2 unspecified atom stereocenters. The fraction of sp³-hybridized carbons (Fsp3) is 0.240. The molecule has 1 aliphatic rings. The Kier molecular flexibility index (Phi) is 6.02. The first kappa shape index (κ1) is 22.9. The monoisotopic (exact) mass is 463 g/mol. The molecule has 1 aliphatic carbocycles. The number of ether oxygens (including phenoxy) is 2. The van der Waals surface area contributed by atoms with Crippen molar-refractivity contribution in [3.63, 3.8) is 0 Å². The maximum Gasteiger partial charge on any atom is 0.340 e. The zero-order valence-corrected chi connectivity index (χ0v) is 18.7. The molecule has 9 heteroatoms. The smallest absolute Gasteiger partial charge is 0.340 e. The van der Waals surface area contributed by atoms with Gasteiger partial charge in [-0.15, -0.1) is 0 Å². The summed E-state index contributed by atoms with van der Waals surface area (Å²) in [5.74, 6) is -2.36. The van der Waals surface area contributed by atoms with E-state index in [0.29, 0.717) is 22.1 Å². The Morgan fingerprint density at radius 1 is 1.15 bits per heavy atom. The van der Waals surface area contributed by atoms with Crippen LogP contribution in [0.5, 0.6) is 5.75 Å². The van der Waals surface area contributed by atoms with Gasteiger partial charge in [0.15, 0.2) is 0 Å². The molecule has 0 radical (unpaired) electrons. The zero-order chi connectivity index (χ0) is 24.6. The third-order valence-electron chi connectivity index (χ3n) is 5.73. The second-order valence-corrected chi connectivity index (χ2v) is 7.91. The van der Waals surface area contributed by atoms with Crippen LogP contribution in [0.2, 0.25) is 0 Å². The van der Waals surface area contributed by atoms with Crippen LogP contribution in [-0.2, 0) is 14.3 Å². The number of hydrogen-bond acceptors (Lipinski definition) is 8. The summed E-state index contributed by atoms with van der Waals surface area (Å²) >= 11 is 0. The lowest BCUT2D eigenvalue weighted by Crippen LogP contribution is -2.32. The van der Waals surface area contributed by atoms with Crippen molar-refractivity contribution in [2.45, 2.75) is 26.7 Å². The van der Waals surface area contributed by atoms with Gasteiger partial charge in [0.1, 0.15) is 11.3 Å². The topological polar surface area (TPSA) is 126 Å². The number of benzene rings is 2. The SMILES string of the molecule is CCOC(=O)C1C(C)=Cc2c(c(=O)oc3cc(OC(C)=O)ccc23)C1c1ccc([N+](=O)[O-])cc1. The predicted octanol–water partition coefficient (Wildman–Crippen LogP) is 4.35. The second-order valence-electron chi connectivity index (χ2n) is 7.91. The van der Waals surface area contributed by atoms with Gasteiger partial charge in [0.25, 0.3) is 5.69 Å². The molecule has 174 valence electrons. The van der Waals surface area contributed by atoms with Gasteiger partial charge in [0.05, 0.1) is 23.0 Å². The minimum atomic E-state index is -0.811. The van der Waals surface area contributed by atoms with E-state index < -0.39 is 34.3 Å². The molecule has 0 bridgehead atoms. The molecule has 9 nitrogen and oxygen atoms in total. The Morgan fingerprint density at radius 3 is 2.47 bits per heavy atom. The van der Waals surface area contributed by atoms with Crippen molar-refractivity contribution in [1.82, 2.24) is 0 Å². The number of non-ortho nitro benzene ring substituents is 1. The van der Waals surface area contributed by atoms with E-state index in [2.05, 4.69) is 0 Å². The number of nitro groups is 1. The van der Waals surface area contributed by atoms with Crippen molar-refractivity contribution in [1.29, 1.82) is 0 Å². The van der Waals surface area contributed by atoms with Crippen LogP contribution < -0.4 is 10.4 Å². The van der Waals surface area contributed by atoms with Crippen molar-refractivity contribution >= 4 is 34.7 Å². The Morgan fingerprint density at radius 2 is 1.85 bits per heavy atom. The Hall–Kier alpha value is -4.27. The molecule has 2 aromatic carbocycles. The van der Waals surface area contributed by atoms with Gasteiger partial charge in [-0.1, -0.05) is 23.8 Å². The highest BCUT2D eigenvalue weighted by Gasteiger charge is 2.40. The van der Waals surface area contributed by atoms with E-state index >= 15 is 0 Å². The molecule has 34 heavy (non-hydrogen) atoms. The lowest BCUT2D eigenvalue weighted by atomic mass is 9.72. The normalized spacial score (nSPS) is 17.0. The highest BCUT2D eigenvalue weighted by molar-refractivity contribution is 5.93. The highest BCUT2D eigenvalue weighted by Crippen LogP contribution is 2.44. The molecule has 4 rings (SSSR count). The maximum atomic E-state index is 13.2. The molecule has 1 aromatic heterocycles. The molecule has 2 atom stereocenters. The minimum Gasteiger partial charge on any atom is -0.466 e. The van der Waals surface area contributed by atoms with E-state index in [9.17, 15) is 24.5 Å². The van der Waals surface area contributed by atoms with E-state index in [0.717, 1.165) is 0 Å². The van der Waals surface area contributed by atoms with Crippen molar-refractivity contribution in [2.75, 3.05) is 6.61 Å². The quantitative estimate of drug-likeness (QED) is 0.180. The molecular formula is C25H21NO8. The third-order valence-corrected chi connectivity index (χ3v) is 5.73. The molecule has 0 spiro atoms. The minimum absolute atomic E-state index is 0.108. The average Bonchev–Trinajstić information content (AvgIpc) is 2.78. The van der Waals surface area contributed by atoms with Crippen molar-refractivity contribution in [3.8, 4) is 5.75 Å². The molecular weight excluding hydrogens is 442 g/mol. The van der Waals surface area contributed by atoms with Crippen LogP contribution in [0.15, 0.2) is 57.2 Å². The summed E-state index contributed by atoms with van der Waals surface area (Å²) in [7, 11) is 0. The molecule has 0 saturated carbocycles. The number of hydrogen-bond donors (Lipinski definition) is 0. The lowest BCUT2D eigenvalue weighted by Gasteiger charge is -2.31. The van der Waals surface area contributed by atoms with Gasteiger partial charge < -0.3 is 13.9 Å². The van der Waals surface area contributed by atoms with Gasteiger partial charge in [-0.25, -0.2) is 4.79 Å². The Balaban J connectivity index is 1.96. The summed E-state index contributed by atoms with van der Waals surface area (Å²) in [5, 5.41) is 11.7. The molecule has 0 aliphatic heterocycles. The van der Waals surface area contributed by atoms with E-state index in [-0.39, 0.29) is 29.2 Å². The molecule has 0 saturated heterocycles. The Labute approximate surface area is 193 Å². The number of carbonyl (C=O) groups is 2. The van der Waals surface area contributed by atoms with Gasteiger partial charge in [0.2, 0.25) is 0 Å². The van der Waals surface area contributed by atoms with Gasteiger partial charge in [-0.05, 0) is 37.1 Å². The maximum absolute atomic E-state index is 13.2. The fourth-order valence-electron chi connectivity index (χ4n) is 4.36. The Bertz CT molecular complexity index is 1400. The first-order valence-corrected chi connectivity index (χ1v) is 10.6. The molecule has 0 fully saturated rings. The lowest BCUT2D eigenvalue weighted by molar-refractivity contribution is -0.384. The molecule has 0 N–H and O–H groups in total.